The third-order valence-corrected chi connectivity index (χ3v) is 3.29. The highest BCUT2D eigenvalue weighted by Crippen LogP contribution is 2.18. The van der Waals surface area contributed by atoms with Crippen molar-refractivity contribution in [2.75, 3.05) is 7.05 Å². The van der Waals surface area contributed by atoms with Crippen LogP contribution in [0.5, 0.6) is 0 Å². The lowest BCUT2D eigenvalue weighted by atomic mass is 10.1. The highest BCUT2D eigenvalue weighted by atomic mass is 79.9. The maximum absolute atomic E-state index is 12.2. The minimum atomic E-state index is -0.0779. The van der Waals surface area contributed by atoms with Crippen molar-refractivity contribution >= 4 is 21.8 Å². The molecule has 1 unspecified atom stereocenters. The number of nitrogens with zero attached hydrogens (tertiary/aromatic N) is 2. The fourth-order valence-electron chi connectivity index (χ4n) is 1.48. The average Bonchev–Trinajstić information content (AvgIpc) is 2.30. The molecule has 0 radical (unpaired) electrons. The predicted octanol–water partition coefficient (Wildman–Crippen LogP) is 3.13. The number of carbonyl (C=O) groups excluding carboxylic acids is 1. The molecular formula is C13H15BrN2O. The SMILES string of the molecule is Cc1ccc(Br)cc1C(=O)N(C)C(C)CC#N. The van der Waals surface area contributed by atoms with E-state index in [1.807, 2.05) is 32.0 Å². The second-order valence-electron chi connectivity index (χ2n) is 4.09. The van der Waals surface area contributed by atoms with Crippen molar-refractivity contribution in [2.45, 2.75) is 26.3 Å². The first-order valence-corrected chi connectivity index (χ1v) is 6.17. The van der Waals surface area contributed by atoms with Crippen LogP contribution in [0.2, 0.25) is 0 Å². The fraction of sp³-hybridized carbons (Fsp3) is 0.385. The van der Waals surface area contributed by atoms with Gasteiger partial charge in [0.25, 0.3) is 5.91 Å². The van der Waals surface area contributed by atoms with Crippen LogP contribution in [0.4, 0.5) is 0 Å². The first-order valence-electron chi connectivity index (χ1n) is 5.37. The third-order valence-electron chi connectivity index (χ3n) is 2.80. The molecule has 0 aromatic heterocycles. The van der Waals surface area contributed by atoms with E-state index in [0.717, 1.165) is 10.0 Å². The summed E-state index contributed by atoms with van der Waals surface area (Å²) in [5.74, 6) is -0.0495. The van der Waals surface area contributed by atoms with E-state index >= 15 is 0 Å². The number of halogens is 1. The van der Waals surface area contributed by atoms with E-state index in [0.29, 0.717) is 12.0 Å². The maximum atomic E-state index is 12.2. The Morgan fingerprint density at radius 2 is 2.24 bits per heavy atom. The lowest BCUT2D eigenvalue weighted by Gasteiger charge is -2.23. The molecule has 0 spiro atoms. The number of rotatable bonds is 3. The highest BCUT2D eigenvalue weighted by Gasteiger charge is 2.18. The van der Waals surface area contributed by atoms with Gasteiger partial charge < -0.3 is 4.90 Å². The predicted molar refractivity (Wildman–Crippen MR) is 70.7 cm³/mol. The summed E-state index contributed by atoms with van der Waals surface area (Å²) < 4.78 is 0.882. The van der Waals surface area contributed by atoms with Crippen molar-refractivity contribution in [3.63, 3.8) is 0 Å². The molecule has 0 N–H and O–H groups in total. The summed E-state index contributed by atoms with van der Waals surface area (Å²) in [6.07, 6.45) is 0.343. The Bertz CT molecular complexity index is 465. The molecular weight excluding hydrogens is 280 g/mol. The number of carbonyl (C=O) groups is 1. The van der Waals surface area contributed by atoms with Crippen molar-refractivity contribution in [1.82, 2.24) is 4.90 Å². The lowest BCUT2D eigenvalue weighted by Crippen LogP contribution is -2.35. The maximum Gasteiger partial charge on any atom is 0.254 e. The largest absolute Gasteiger partial charge is 0.338 e. The number of nitriles is 1. The minimum absolute atomic E-state index is 0.0495. The summed E-state index contributed by atoms with van der Waals surface area (Å²) in [6, 6.07) is 7.62. The van der Waals surface area contributed by atoms with Gasteiger partial charge in [-0.2, -0.15) is 5.26 Å². The van der Waals surface area contributed by atoms with Gasteiger partial charge in [0.2, 0.25) is 0 Å². The van der Waals surface area contributed by atoms with Crippen LogP contribution in [-0.2, 0) is 0 Å². The van der Waals surface area contributed by atoms with Crippen LogP contribution in [0.15, 0.2) is 22.7 Å². The zero-order valence-electron chi connectivity index (χ0n) is 10.2. The Labute approximate surface area is 110 Å². The van der Waals surface area contributed by atoms with E-state index < -0.39 is 0 Å². The summed E-state index contributed by atoms with van der Waals surface area (Å²) in [6.45, 7) is 3.77. The second-order valence-corrected chi connectivity index (χ2v) is 5.00. The van der Waals surface area contributed by atoms with Gasteiger partial charge in [-0.15, -0.1) is 0 Å². The van der Waals surface area contributed by atoms with Crippen molar-refractivity contribution in [2.24, 2.45) is 0 Å². The number of aryl methyl sites for hydroxylation is 1. The molecule has 1 atom stereocenters. The molecule has 1 aromatic rings. The highest BCUT2D eigenvalue weighted by molar-refractivity contribution is 9.10. The van der Waals surface area contributed by atoms with E-state index in [-0.39, 0.29) is 11.9 Å². The zero-order valence-corrected chi connectivity index (χ0v) is 11.8. The van der Waals surface area contributed by atoms with Gasteiger partial charge in [-0.05, 0) is 31.5 Å². The molecule has 1 amide bonds. The van der Waals surface area contributed by atoms with Crippen LogP contribution in [0.25, 0.3) is 0 Å². The normalized spacial score (nSPS) is 11.7. The molecule has 0 saturated carbocycles. The van der Waals surface area contributed by atoms with Crippen molar-refractivity contribution in [1.29, 1.82) is 5.26 Å². The molecule has 0 heterocycles. The molecule has 3 nitrogen and oxygen atoms in total. The Balaban J connectivity index is 2.96. The van der Waals surface area contributed by atoms with Crippen LogP contribution >= 0.6 is 15.9 Å². The molecule has 0 aliphatic rings. The van der Waals surface area contributed by atoms with Crippen molar-refractivity contribution < 1.29 is 4.79 Å². The number of hydrogen-bond donors (Lipinski definition) is 0. The van der Waals surface area contributed by atoms with Gasteiger partial charge in [-0.25, -0.2) is 0 Å². The number of amides is 1. The van der Waals surface area contributed by atoms with Crippen LogP contribution in [0.3, 0.4) is 0 Å². The molecule has 4 heteroatoms. The third kappa shape index (κ3) is 3.31. The van der Waals surface area contributed by atoms with E-state index in [2.05, 4.69) is 22.0 Å². The fourth-order valence-corrected chi connectivity index (χ4v) is 1.84. The summed E-state index contributed by atoms with van der Waals surface area (Å²) in [7, 11) is 1.73. The molecule has 0 fully saturated rings. The summed E-state index contributed by atoms with van der Waals surface area (Å²) in [5.41, 5.74) is 1.61. The summed E-state index contributed by atoms with van der Waals surface area (Å²) in [4.78, 5) is 13.8. The Kier molecular flexibility index (Phi) is 4.71. The standard InChI is InChI=1S/C13H15BrN2O/c1-9-4-5-11(14)8-12(9)13(17)16(3)10(2)6-7-15/h4-5,8,10H,6H2,1-3H3. The molecule has 90 valence electrons. The Morgan fingerprint density at radius 1 is 1.59 bits per heavy atom. The van der Waals surface area contributed by atoms with E-state index in [4.69, 9.17) is 5.26 Å². The van der Waals surface area contributed by atoms with Crippen LogP contribution in [0.1, 0.15) is 29.3 Å². The summed E-state index contributed by atoms with van der Waals surface area (Å²) >= 11 is 3.36. The van der Waals surface area contributed by atoms with Gasteiger partial charge in [-0.3, -0.25) is 4.79 Å². The molecule has 0 aliphatic carbocycles. The monoisotopic (exact) mass is 294 g/mol. The lowest BCUT2D eigenvalue weighted by molar-refractivity contribution is 0.0745. The van der Waals surface area contributed by atoms with Gasteiger partial charge in [0, 0.05) is 23.1 Å². The Hall–Kier alpha value is -1.34. The van der Waals surface area contributed by atoms with Crippen LogP contribution < -0.4 is 0 Å². The second kappa shape index (κ2) is 5.83. The molecule has 0 bridgehead atoms. The van der Waals surface area contributed by atoms with Gasteiger partial charge in [0.1, 0.15) is 0 Å². The van der Waals surface area contributed by atoms with E-state index in [1.54, 1.807) is 11.9 Å². The quantitative estimate of drug-likeness (QED) is 0.860. The van der Waals surface area contributed by atoms with Crippen LogP contribution in [0, 0.1) is 18.3 Å². The number of hydrogen-bond acceptors (Lipinski definition) is 2. The smallest absolute Gasteiger partial charge is 0.254 e. The first kappa shape index (κ1) is 13.7. The molecule has 0 aliphatic heterocycles. The van der Waals surface area contributed by atoms with E-state index in [1.165, 1.54) is 0 Å². The summed E-state index contributed by atoms with van der Waals surface area (Å²) in [5, 5.41) is 8.64. The van der Waals surface area contributed by atoms with Gasteiger partial charge in [0.05, 0.1) is 12.5 Å². The van der Waals surface area contributed by atoms with E-state index in [9.17, 15) is 4.79 Å². The Morgan fingerprint density at radius 3 is 2.82 bits per heavy atom. The topological polar surface area (TPSA) is 44.1 Å². The van der Waals surface area contributed by atoms with Crippen molar-refractivity contribution in [3.05, 3.63) is 33.8 Å². The molecule has 17 heavy (non-hydrogen) atoms. The average molecular weight is 295 g/mol. The molecule has 0 saturated heterocycles. The van der Waals surface area contributed by atoms with Gasteiger partial charge in [-0.1, -0.05) is 22.0 Å². The first-order chi connectivity index (χ1) is 7.97. The van der Waals surface area contributed by atoms with Gasteiger partial charge >= 0.3 is 0 Å². The van der Waals surface area contributed by atoms with Gasteiger partial charge in [0.15, 0.2) is 0 Å². The van der Waals surface area contributed by atoms with Crippen molar-refractivity contribution in [3.8, 4) is 6.07 Å². The zero-order chi connectivity index (χ0) is 13.0. The molecule has 1 rings (SSSR count). The molecule has 1 aromatic carbocycles. The van der Waals surface area contributed by atoms with Crippen LogP contribution in [-0.4, -0.2) is 23.9 Å². The number of benzene rings is 1. The minimum Gasteiger partial charge on any atom is -0.338 e.